The summed E-state index contributed by atoms with van der Waals surface area (Å²) in [7, 11) is 0.0954. The highest BCUT2D eigenvalue weighted by atomic mass is 28.1. The third kappa shape index (κ3) is 5.19. The fourth-order valence-corrected chi connectivity index (χ4v) is 1.10. The van der Waals surface area contributed by atoms with Crippen LogP contribution >= 0.6 is 0 Å². The predicted octanol–water partition coefficient (Wildman–Crippen LogP) is -1.22. The van der Waals surface area contributed by atoms with Crippen LogP contribution < -0.4 is 0 Å². The molecule has 0 aliphatic carbocycles. The van der Waals surface area contributed by atoms with Gasteiger partial charge in [-0.25, -0.2) is 0 Å². The Kier molecular flexibility index (Phi) is 5.87. The first-order valence-corrected chi connectivity index (χ1v) is 5.11. The van der Waals surface area contributed by atoms with E-state index < -0.39 is 17.0 Å². The van der Waals surface area contributed by atoms with Crippen molar-refractivity contribution in [3.63, 3.8) is 0 Å². The molecule has 0 atom stereocenters. The molecule has 13 heavy (non-hydrogen) atoms. The van der Waals surface area contributed by atoms with E-state index in [0.29, 0.717) is 19.3 Å². The molecule has 0 N–H and O–H groups in total. The second kappa shape index (κ2) is 6.42. The van der Waals surface area contributed by atoms with Crippen molar-refractivity contribution in [1.82, 2.24) is 0 Å². The van der Waals surface area contributed by atoms with Gasteiger partial charge in [-0.1, -0.05) is 0 Å². The summed E-state index contributed by atoms with van der Waals surface area (Å²) in [6, 6.07) is 0. The van der Waals surface area contributed by atoms with Crippen LogP contribution in [0.1, 0.15) is 25.7 Å². The zero-order valence-corrected chi connectivity index (χ0v) is 9.54. The Morgan fingerprint density at radius 1 is 1.15 bits per heavy atom. The Labute approximate surface area is 79.1 Å². The lowest BCUT2D eigenvalue weighted by molar-refractivity contribution is -0.141. The van der Waals surface area contributed by atoms with Gasteiger partial charge in [0, 0.05) is 12.8 Å². The number of hydrogen-bond acceptors (Lipinski definition) is 4. The first-order chi connectivity index (χ1) is 6.09. The van der Waals surface area contributed by atoms with Crippen molar-refractivity contribution in [3.05, 3.63) is 0 Å². The molecule has 0 aromatic rings. The minimum atomic E-state index is -0.877. The molecule has 0 aliphatic heterocycles. The van der Waals surface area contributed by atoms with E-state index in [0.717, 1.165) is 6.29 Å². The van der Waals surface area contributed by atoms with Crippen LogP contribution in [0.5, 0.6) is 0 Å². The minimum absolute atomic E-state index is 0.0840. The Balaban J connectivity index is 3.69. The summed E-state index contributed by atoms with van der Waals surface area (Å²) >= 11 is 0. The van der Waals surface area contributed by atoms with E-state index in [4.69, 9.17) is 0 Å². The predicted molar refractivity (Wildman–Crippen MR) is 49.5 cm³/mol. The number of hydrogen-bond donors (Lipinski definition) is 0. The van der Waals surface area contributed by atoms with E-state index in [1.807, 2.05) is 0 Å². The van der Waals surface area contributed by atoms with Gasteiger partial charge in [-0.2, -0.15) is 0 Å². The van der Waals surface area contributed by atoms with Crippen molar-refractivity contribution >= 4 is 33.5 Å². The van der Waals surface area contributed by atoms with E-state index in [1.54, 1.807) is 0 Å². The van der Waals surface area contributed by atoms with Gasteiger partial charge in [-0.15, -0.1) is 0 Å². The summed E-state index contributed by atoms with van der Waals surface area (Å²) in [4.78, 5) is 42.1. The lowest BCUT2D eigenvalue weighted by atomic mass is 10.1. The van der Waals surface area contributed by atoms with E-state index >= 15 is 0 Å². The number of carbonyl (C=O) groups is 4. The molecule has 5 heteroatoms. The lowest BCUT2D eigenvalue weighted by Crippen LogP contribution is -2.23. The van der Waals surface area contributed by atoms with Crippen molar-refractivity contribution in [3.8, 4) is 0 Å². The summed E-state index contributed by atoms with van der Waals surface area (Å²) in [5.41, 5.74) is 0. The Morgan fingerprint density at radius 2 is 1.77 bits per heavy atom. The summed E-state index contributed by atoms with van der Waals surface area (Å²) in [5, 5.41) is -0.583. The topological polar surface area (TPSA) is 68.3 Å². The molecule has 0 aliphatic rings. The van der Waals surface area contributed by atoms with E-state index in [-0.39, 0.29) is 16.7 Å². The molecule has 0 bridgehead atoms. The summed E-state index contributed by atoms with van der Waals surface area (Å²) in [5.74, 6) is -1.50. The van der Waals surface area contributed by atoms with Gasteiger partial charge in [-0.3, -0.25) is 14.4 Å². The maximum absolute atomic E-state index is 10.9. The van der Waals surface area contributed by atoms with E-state index in [9.17, 15) is 19.2 Å². The van der Waals surface area contributed by atoms with Crippen LogP contribution in [0.2, 0.25) is 0 Å². The number of carbonyl (C=O) groups excluding carboxylic acids is 4. The Morgan fingerprint density at radius 3 is 2.23 bits per heavy atom. The van der Waals surface area contributed by atoms with Crippen LogP contribution in [0.3, 0.4) is 0 Å². The molecule has 0 spiro atoms. The zero-order chi connectivity index (χ0) is 10.3. The molecule has 4 nitrogen and oxygen atoms in total. The van der Waals surface area contributed by atoms with Gasteiger partial charge in [0.1, 0.15) is 6.29 Å². The monoisotopic (exact) mass is 200 g/mol. The molecular formula is C8H12O4Si. The van der Waals surface area contributed by atoms with Crippen molar-refractivity contribution in [2.24, 2.45) is 0 Å². The Hall–Kier alpha value is -1.10. The summed E-state index contributed by atoms with van der Waals surface area (Å²) in [6.45, 7) is 0. The second-order valence-corrected chi connectivity index (χ2v) is 3.63. The third-order valence-corrected chi connectivity index (χ3v) is 2.00. The fourth-order valence-electron chi connectivity index (χ4n) is 0.823. The summed E-state index contributed by atoms with van der Waals surface area (Å²) in [6.07, 6.45) is 2.34. The molecule has 0 rings (SSSR count). The first-order valence-electron chi connectivity index (χ1n) is 4.11. The van der Waals surface area contributed by atoms with Crippen molar-refractivity contribution < 1.29 is 19.2 Å². The van der Waals surface area contributed by atoms with Gasteiger partial charge in [0.25, 0.3) is 5.78 Å². The largest absolute Gasteiger partial charge is 0.303 e. The van der Waals surface area contributed by atoms with Crippen LogP contribution in [0, 0.1) is 0 Å². The average molecular weight is 200 g/mol. The smallest absolute Gasteiger partial charge is 0.257 e. The molecule has 0 unspecified atom stereocenters. The quantitative estimate of drug-likeness (QED) is 0.170. The zero-order valence-electron chi connectivity index (χ0n) is 7.54. The van der Waals surface area contributed by atoms with Gasteiger partial charge in [-0.05, 0) is 12.8 Å². The standard InChI is InChI=1S/C8H12O4Si/c9-5-3-1-2-4-6(10)7(11)8(12)13/h5H,1-4H2,13H3. The maximum Gasteiger partial charge on any atom is 0.257 e. The number of aldehydes is 1. The van der Waals surface area contributed by atoms with Gasteiger partial charge >= 0.3 is 0 Å². The molecule has 0 saturated heterocycles. The van der Waals surface area contributed by atoms with E-state index in [1.165, 1.54) is 0 Å². The third-order valence-electron chi connectivity index (χ3n) is 1.55. The van der Waals surface area contributed by atoms with Crippen LogP contribution in [-0.2, 0) is 19.2 Å². The molecule has 0 radical (unpaired) electrons. The SMILES string of the molecule is O=CCCCCC(=O)C(=O)C(=O)[SiH3]. The highest BCUT2D eigenvalue weighted by Gasteiger charge is 2.16. The number of unbranched alkanes of at least 4 members (excludes halogenated alkanes) is 2. The molecular weight excluding hydrogens is 188 g/mol. The maximum atomic E-state index is 10.9. The van der Waals surface area contributed by atoms with Crippen molar-refractivity contribution in [1.29, 1.82) is 0 Å². The fraction of sp³-hybridized carbons (Fsp3) is 0.500. The molecule has 0 saturated carbocycles. The number of rotatable bonds is 7. The summed E-state index contributed by atoms with van der Waals surface area (Å²) < 4.78 is 0. The highest BCUT2D eigenvalue weighted by molar-refractivity contribution is 6.87. The van der Waals surface area contributed by atoms with Gasteiger partial charge in [0.15, 0.2) is 5.41 Å². The molecule has 0 fully saturated rings. The van der Waals surface area contributed by atoms with Crippen molar-refractivity contribution in [2.45, 2.75) is 25.7 Å². The minimum Gasteiger partial charge on any atom is -0.303 e. The normalized spacial score (nSPS) is 9.54. The van der Waals surface area contributed by atoms with Crippen molar-refractivity contribution in [2.75, 3.05) is 0 Å². The van der Waals surface area contributed by atoms with Crippen LogP contribution in [0.4, 0.5) is 0 Å². The van der Waals surface area contributed by atoms with Gasteiger partial charge in [0.05, 0.1) is 10.2 Å². The Bertz CT molecular complexity index is 234. The molecule has 0 heterocycles. The second-order valence-electron chi connectivity index (χ2n) is 2.72. The molecule has 0 aromatic carbocycles. The average Bonchev–Trinajstić information content (AvgIpc) is 2.10. The molecule has 72 valence electrons. The van der Waals surface area contributed by atoms with Crippen LogP contribution in [-0.4, -0.2) is 33.5 Å². The first kappa shape index (κ1) is 11.9. The highest BCUT2D eigenvalue weighted by Crippen LogP contribution is 1.99. The molecule has 0 amide bonds. The number of Topliss-reactive ketones (excluding diaryl/α,β-unsaturated/α-hetero) is 2. The van der Waals surface area contributed by atoms with E-state index in [2.05, 4.69) is 0 Å². The van der Waals surface area contributed by atoms with Crippen LogP contribution in [0.15, 0.2) is 0 Å². The van der Waals surface area contributed by atoms with Gasteiger partial charge in [0.2, 0.25) is 5.78 Å². The lowest BCUT2D eigenvalue weighted by Gasteiger charge is -1.95. The number of ketones is 2. The van der Waals surface area contributed by atoms with Gasteiger partial charge < -0.3 is 4.79 Å². The van der Waals surface area contributed by atoms with Crippen LogP contribution in [0.25, 0.3) is 0 Å². The molecule has 0 aromatic heterocycles.